The third kappa shape index (κ3) is 6.14. The molecular formula is C26H36N6O2. The summed E-state index contributed by atoms with van der Waals surface area (Å²) in [6.45, 7) is 6.95. The zero-order valence-corrected chi connectivity index (χ0v) is 20.4. The summed E-state index contributed by atoms with van der Waals surface area (Å²) in [5.41, 5.74) is 4.19. The molecule has 2 saturated heterocycles. The van der Waals surface area contributed by atoms with Crippen LogP contribution in [0.15, 0.2) is 48.5 Å². The standard InChI is InChI=1S/C26H36N6O2/c1-19-7-9-20(10-8-19)22-16-27-26(28-17-22)29-23-6-4-5-21(15-23)25(34)32-13-11-31(12-14-32)18-24(33)30(2)3/h4-10,15,22,26-29H,11-14,16-18H2,1-3H3. The average molecular weight is 465 g/mol. The van der Waals surface area contributed by atoms with Crippen LogP contribution in [-0.4, -0.2) is 92.7 Å². The lowest BCUT2D eigenvalue weighted by atomic mass is 9.97. The van der Waals surface area contributed by atoms with E-state index in [-0.39, 0.29) is 18.1 Å². The smallest absolute Gasteiger partial charge is 0.254 e. The van der Waals surface area contributed by atoms with Gasteiger partial charge in [-0.15, -0.1) is 0 Å². The minimum Gasteiger partial charge on any atom is -0.358 e. The zero-order valence-electron chi connectivity index (χ0n) is 20.4. The van der Waals surface area contributed by atoms with Gasteiger partial charge in [-0.1, -0.05) is 35.9 Å². The Bertz CT molecular complexity index is 977. The van der Waals surface area contributed by atoms with Gasteiger partial charge in [-0.2, -0.15) is 0 Å². The molecule has 0 aliphatic carbocycles. The van der Waals surface area contributed by atoms with E-state index in [1.165, 1.54) is 11.1 Å². The fourth-order valence-electron chi connectivity index (χ4n) is 4.37. The van der Waals surface area contributed by atoms with Crippen molar-refractivity contribution in [3.05, 3.63) is 65.2 Å². The molecule has 0 aromatic heterocycles. The van der Waals surface area contributed by atoms with Crippen molar-refractivity contribution in [2.24, 2.45) is 0 Å². The van der Waals surface area contributed by atoms with E-state index in [4.69, 9.17) is 0 Å². The quantitative estimate of drug-likeness (QED) is 0.602. The second-order valence-electron chi connectivity index (χ2n) is 9.44. The van der Waals surface area contributed by atoms with E-state index in [9.17, 15) is 9.59 Å². The van der Waals surface area contributed by atoms with Gasteiger partial charge in [0.15, 0.2) is 0 Å². The van der Waals surface area contributed by atoms with Crippen molar-refractivity contribution in [1.82, 2.24) is 25.3 Å². The second-order valence-corrected chi connectivity index (χ2v) is 9.44. The Balaban J connectivity index is 1.27. The molecule has 0 radical (unpaired) electrons. The summed E-state index contributed by atoms with van der Waals surface area (Å²) in [7, 11) is 3.54. The molecule has 0 bridgehead atoms. The van der Waals surface area contributed by atoms with E-state index in [0.717, 1.165) is 18.8 Å². The van der Waals surface area contributed by atoms with Gasteiger partial charge >= 0.3 is 0 Å². The number of hydrogen-bond donors (Lipinski definition) is 3. The number of piperazine rings is 1. The molecule has 4 rings (SSSR count). The molecule has 2 aliphatic rings. The number of rotatable bonds is 6. The fourth-order valence-corrected chi connectivity index (χ4v) is 4.37. The van der Waals surface area contributed by atoms with Crippen molar-refractivity contribution in [1.29, 1.82) is 0 Å². The van der Waals surface area contributed by atoms with Gasteiger partial charge in [-0.25, -0.2) is 0 Å². The van der Waals surface area contributed by atoms with Crippen LogP contribution in [0, 0.1) is 6.92 Å². The first-order valence-corrected chi connectivity index (χ1v) is 12.0. The van der Waals surface area contributed by atoms with Gasteiger partial charge in [0.25, 0.3) is 5.91 Å². The van der Waals surface area contributed by atoms with Crippen LogP contribution in [0.4, 0.5) is 5.69 Å². The highest BCUT2D eigenvalue weighted by molar-refractivity contribution is 5.95. The first-order valence-electron chi connectivity index (χ1n) is 12.0. The Kier molecular flexibility index (Phi) is 7.82. The number of anilines is 1. The number of hydrogen-bond acceptors (Lipinski definition) is 6. The molecule has 0 atom stereocenters. The highest BCUT2D eigenvalue weighted by Crippen LogP contribution is 2.19. The summed E-state index contributed by atoms with van der Waals surface area (Å²) in [6, 6.07) is 16.4. The van der Waals surface area contributed by atoms with Gasteiger partial charge < -0.3 is 15.1 Å². The third-order valence-electron chi connectivity index (χ3n) is 6.62. The largest absolute Gasteiger partial charge is 0.358 e. The normalized spacial score (nSPS) is 21.2. The number of aryl methyl sites for hydroxylation is 1. The molecule has 3 N–H and O–H groups in total. The van der Waals surface area contributed by atoms with Crippen LogP contribution in [-0.2, 0) is 4.79 Å². The number of carbonyl (C=O) groups is 2. The molecule has 2 amide bonds. The summed E-state index contributed by atoms with van der Waals surface area (Å²) in [5.74, 6) is 0.554. The first kappa shape index (κ1) is 24.2. The third-order valence-corrected chi connectivity index (χ3v) is 6.62. The number of benzene rings is 2. The lowest BCUT2D eigenvalue weighted by Crippen LogP contribution is -2.55. The lowest BCUT2D eigenvalue weighted by Gasteiger charge is -2.35. The minimum atomic E-state index is -0.0511. The van der Waals surface area contributed by atoms with Crippen LogP contribution in [0.1, 0.15) is 27.4 Å². The van der Waals surface area contributed by atoms with Crippen molar-refractivity contribution >= 4 is 17.5 Å². The first-order chi connectivity index (χ1) is 16.4. The maximum Gasteiger partial charge on any atom is 0.254 e. The topological polar surface area (TPSA) is 80.0 Å². The molecule has 2 heterocycles. The van der Waals surface area contributed by atoms with E-state index in [1.54, 1.807) is 19.0 Å². The Morgan fingerprint density at radius 1 is 1.00 bits per heavy atom. The van der Waals surface area contributed by atoms with Crippen LogP contribution in [0.3, 0.4) is 0 Å². The summed E-state index contributed by atoms with van der Waals surface area (Å²) < 4.78 is 0. The van der Waals surface area contributed by atoms with Crippen LogP contribution in [0.5, 0.6) is 0 Å². The molecule has 2 aliphatic heterocycles. The number of amides is 2. The predicted octanol–water partition coefficient (Wildman–Crippen LogP) is 1.51. The van der Waals surface area contributed by atoms with Crippen molar-refractivity contribution in [3.8, 4) is 0 Å². The number of likely N-dealkylation sites (N-methyl/N-ethyl adjacent to an activating group) is 1. The minimum absolute atomic E-state index is 0.0335. The van der Waals surface area contributed by atoms with Crippen LogP contribution in [0.2, 0.25) is 0 Å². The van der Waals surface area contributed by atoms with E-state index in [2.05, 4.69) is 52.0 Å². The summed E-state index contributed by atoms with van der Waals surface area (Å²) in [5, 5.41) is 10.5. The molecule has 0 spiro atoms. The Labute approximate surface area is 202 Å². The molecule has 2 aromatic rings. The predicted molar refractivity (Wildman–Crippen MR) is 135 cm³/mol. The number of nitrogens with zero attached hydrogens (tertiary/aromatic N) is 3. The number of nitrogens with one attached hydrogen (secondary N) is 3. The molecule has 0 unspecified atom stereocenters. The van der Waals surface area contributed by atoms with Crippen LogP contribution < -0.4 is 16.0 Å². The second kappa shape index (κ2) is 11.0. The SMILES string of the molecule is Cc1ccc(C2CNC(Nc3cccc(C(=O)N4CCN(CC(=O)N(C)C)CC4)c3)NC2)cc1. The Hall–Kier alpha value is -2.94. The molecule has 8 nitrogen and oxygen atoms in total. The van der Waals surface area contributed by atoms with Gasteiger partial charge in [-0.05, 0) is 30.7 Å². The highest BCUT2D eigenvalue weighted by atomic mass is 16.2. The van der Waals surface area contributed by atoms with Gasteiger partial charge in [-0.3, -0.25) is 25.1 Å². The van der Waals surface area contributed by atoms with Crippen LogP contribution in [0.25, 0.3) is 0 Å². The summed E-state index contributed by atoms with van der Waals surface area (Å²) >= 11 is 0. The molecule has 2 fully saturated rings. The van der Waals surface area contributed by atoms with Gasteiger partial charge in [0.05, 0.1) is 6.54 Å². The van der Waals surface area contributed by atoms with Gasteiger partial charge in [0.1, 0.15) is 6.29 Å². The maximum absolute atomic E-state index is 13.1. The highest BCUT2D eigenvalue weighted by Gasteiger charge is 2.25. The van der Waals surface area contributed by atoms with Gasteiger partial charge in [0, 0.05) is 70.5 Å². The maximum atomic E-state index is 13.1. The molecule has 182 valence electrons. The van der Waals surface area contributed by atoms with E-state index in [0.29, 0.717) is 44.2 Å². The van der Waals surface area contributed by atoms with E-state index >= 15 is 0 Å². The van der Waals surface area contributed by atoms with Crippen molar-refractivity contribution in [3.63, 3.8) is 0 Å². The monoisotopic (exact) mass is 464 g/mol. The van der Waals surface area contributed by atoms with E-state index < -0.39 is 0 Å². The summed E-state index contributed by atoms with van der Waals surface area (Å²) in [4.78, 5) is 30.6. The number of carbonyl (C=O) groups excluding carboxylic acids is 2. The molecule has 2 aromatic carbocycles. The average Bonchev–Trinajstić information content (AvgIpc) is 2.85. The molecule has 0 saturated carbocycles. The summed E-state index contributed by atoms with van der Waals surface area (Å²) in [6.07, 6.45) is -0.0511. The zero-order chi connectivity index (χ0) is 24.1. The van der Waals surface area contributed by atoms with Gasteiger partial charge in [0.2, 0.25) is 5.91 Å². The van der Waals surface area contributed by atoms with Crippen molar-refractivity contribution in [2.75, 3.05) is 65.2 Å². The Morgan fingerprint density at radius 2 is 1.68 bits per heavy atom. The molecular weight excluding hydrogens is 428 g/mol. The molecule has 8 heteroatoms. The van der Waals surface area contributed by atoms with E-state index in [1.807, 2.05) is 29.2 Å². The fraction of sp³-hybridized carbons (Fsp3) is 0.462. The molecule has 34 heavy (non-hydrogen) atoms. The van der Waals surface area contributed by atoms with Crippen molar-refractivity contribution in [2.45, 2.75) is 19.1 Å². The lowest BCUT2D eigenvalue weighted by molar-refractivity contribution is -0.130. The van der Waals surface area contributed by atoms with Crippen molar-refractivity contribution < 1.29 is 9.59 Å². The Morgan fingerprint density at radius 3 is 2.32 bits per heavy atom. The van der Waals surface area contributed by atoms with Crippen LogP contribution >= 0.6 is 0 Å².